The maximum Gasteiger partial charge on any atom is 0.416 e. The molecule has 2 aliphatic rings. The summed E-state index contributed by atoms with van der Waals surface area (Å²) in [4.78, 5) is 27.9. The first-order valence-corrected chi connectivity index (χ1v) is 12.3. The number of benzene rings is 1. The van der Waals surface area contributed by atoms with E-state index in [0.29, 0.717) is 37.8 Å². The summed E-state index contributed by atoms with van der Waals surface area (Å²) in [6.07, 6.45) is -0.610. The number of aryl methyl sites for hydroxylation is 3. The Labute approximate surface area is 203 Å². The fraction of sp³-hybridized carbons (Fsp3) is 0.577. The molecule has 2 amide bonds. The number of fused-ring (bicyclic) bond motifs is 1. The minimum Gasteiger partial charge on any atom is -0.349 e. The molecule has 0 unspecified atom stereocenters. The molecule has 2 aromatic rings. The number of nitrogens with one attached hydrogen (secondary N) is 1. The topological polar surface area (TPSA) is 67.2 Å². The van der Waals surface area contributed by atoms with Crippen LogP contribution in [0.2, 0.25) is 0 Å². The molecule has 9 heteroatoms. The first kappa shape index (κ1) is 25.3. The number of carbonyl (C=O) groups is 2. The van der Waals surface area contributed by atoms with Crippen molar-refractivity contribution >= 4 is 11.8 Å². The largest absolute Gasteiger partial charge is 0.416 e. The molecule has 3 heterocycles. The molecular formula is C26H33F3N4O2. The van der Waals surface area contributed by atoms with Crippen molar-refractivity contribution in [3.63, 3.8) is 0 Å². The minimum atomic E-state index is -4.47. The summed E-state index contributed by atoms with van der Waals surface area (Å²) in [7, 11) is 0. The third-order valence-corrected chi connectivity index (χ3v) is 7.33. The monoisotopic (exact) mass is 490 g/mol. The molecule has 0 bridgehead atoms. The van der Waals surface area contributed by atoms with Crippen LogP contribution in [-0.4, -0.2) is 38.1 Å². The predicted octanol–water partition coefficient (Wildman–Crippen LogP) is 5.09. The lowest BCUT2D eigenvalue weighted by Gasteiger charge is -2.38. The van der Waals surface area contributed by atoms with Crippen LogP contribution < -0.4 is 5.32 Å². The summed E-state index contributed by atoms with van der Waals surface area (Å²) in [5.74, 6) is -0.170. The van der Waals surface area contributed by atoms with Gasteiger partial charge in [0.05, 0.1) is 28.9 Å². The van der Waals surface area contributed by atoms with E-state index >= 15 is 0 Å². The van der Waals surface area contributed by atoms with Gasteiger partial charge >= 0.3 is 6.18 Å². The molecule has 4 rings (SSSR count). The number of rotatable bonds is 5. The van der Waals surface area contributed by atoms with E-state index in [1.807, 2.05) is 31.5 Å². The van der Waals surface area contributed by atoms with E-state index in [1.54, 1.807) is 11.0 Å². The van der Waals surface area contributed by atoms with Gasteiger partial charge in [0.15, 0.2) is 0 Å². The van der Waals surface area contributed by atoms with E-state index in [4.69, 9.17) is 0 Å². The average molecular weight is 491 g/mol. The molecule has 2 saturated heterocycles. The Balaban J connectivity index is 1.62. The highest BCUT2D eigenvalue weighted by molar-refractivity contribution is 5.80. The van der Waals surface area contributed by atoms with Gasteiger partial charge in [-0.05, 0) is 70.2 Å². The zero-order valence-electron chi connectivity index (χ0n) is 20.5. The molecular weight excluding hydrogens is 457 g/mol. The summed E-state index contributed by atoms with van der Waals surface area (Å²) < 4.78 is 42.2. The SMILES string of the molecule is Cc1cc(C)n(CCCC(=O)N2[C@H]3CCCCC(=O)N[C@@]3(C)C[C@H]2c2cccc(C(F)(F)F)c2)n1. The van der Waals surface area contributed by atoms with Crippen LogP contribution in [0.25, 0.3) is 0 Å². The fourth-order valence-electron chi connectivity index (χ4n) is 5.72. The first-order chi connectivity index (χ1) is 16.5. The van der Waals surface area contributed by atoms with Gasteiger partial charge in [-0.3, -0.25) is 14.3 Å². The Morgan fingerprint density at radius 1 is 1.23 bits per heavy atom. The van der Waals surface area contributed by atoms with Gasteiger partial charge in [-0.1, -0.05) is 18.6 Å². The summed E-state index contributed by atoms with van der Waals surface area (Å²) in [5.41, 5.74) is 0.966. The van der Waals surface area contributed by atoms with Crippen molar-refractivity contribution < 1.29 is 22.8 Å². The highest BCUT2D eigenvalue weighted by Gasteiger charge is 2.52. The Hall–Kier alpha value is -2.84. The predicted molar refractivity (Wildman–Crippen MR) is 125 cm³/mol. The van der Waals surface area contributed by atoms with Gasteiger partial charge in [0, 0.05) is 25.1 Å². The molecule has 2 fully saturated rings. The third kappa shape index (κ3) is 5.38. The fourth-order valence-corrected chi connectivity index (χ4v) is 5.72. The molecule has 1 N–H and O–H groups in total. The number of amides is 2. The van der Waals surface area contributed by atoms with Crippen molar-refractivity contribution in [3.8, 4) is 0 Å². The van der Waals surface area contributed by atoms with Crippen molar-refractivity contribution in [1.82, 2.24) is 20.0 Å². The third-order valence-electron chi connectivity index (χ3n) is 7.33. The smallest absolute Gasteiger partial charge is 0.349 e. The Morgan fingerprint density at radius 2 is 2.00 bits per heavy atom. The lowest BCUT2D eigenvalue weighted by atomic mass is 9.85. The molecule has 35 heavy (non-hydrogen) atoms. The van der Waals surface area contributed by atoms with E-state index in [-0.39, 0.29) is 24.3 Å². The van der Waals surface area contributed by atoms with Gasteiger partial charge in [0.1, 0.15) is 0 Å². The summed E-state index contributed by atoms with van der Waals surface area (Å²) in [6, 6.07) is 6.41. The van der Waals surface area contributed by atoms with E-state index in [1.165, 1.54) is 6.07 Å². The normalized spacial score (nSPS) is 25.1. The molecule has 0 radical (unpaired) electrons. The van der Waals surface area contributed by atoms with Crippen molar-refractivity contribution in [2.24, 2.45) is 0 Å². The highest BCUT2D eigenvalue weighted by Crippen LogP contribution is 2.46. The Bertz CT molecular complexity index is 1100. The van der Waals surface area contributed by atoms with Crippen molar-refractivity contribution in [1.29, 1.82) is 0 Å². The second-order valence-electron chi connectivity index (χ2n) is 10.1. The number of hydrogen-bond donors (Lipinski definition) is 1. The lowest BCUT2D eigenvalue weighted by Crippen LogP contribution is -2.56. The van der Waals surface area contributed by atoms with Crippen LogP contribution in [0.5, 0.6) is 0 Å². The van der Waals surface area contributed by atoms with Crippen LogP contribution in [0.4, 0.5) is 13.2 Å². The lowest BCUT2D eigenvalue weighted by molar-refractivity contribution is -0.137. The second-order valence-corrected chi connectivity index (χ2v) is 10.1. The molecule has 3 atom stereocenters. The number of alkyl halides is 3. The van der Waals surface area contributed by atoms with E-state index in [2.05, 4.69) is 10.4 Å². The van der Waals surface area contributed by atoms with Crippen molar-refractivity contribution in [2.45, 2.75) is 96.1 Å². The van der Waals surface area contributed by atoms with Crippen LogP contribution in [0.3, 0.4) is 0 Å². The number of likely N-dealkylation sites (tertiary alicyclic amines) is 1. The molecule has 6 nitrogen and oxygen atoms in total. The van der Waals surface area contributed by atoms with Gasteiger partial charge in [0.2, 0.25) is 11.8 Å². The molecule has 1 aromatic heterocycles. The van der Waals surface area contributed by atoms with Gasteiger partial charge < -0.3 is 10.2 Å². The van der Waals surface area contributed by atoms with Crippen LogP contribution in [0.1, 0.15) is 80.4 Å². The van der Waals surface area contributed by atoms with Gasteiger partial charge in [0.25, 0.3) is 0 Å². The quantitative estimate of drug-likeness (QED) is 0.635. The van der Waals surface area contributed by atoms with Gasteiger partial charge in [-0.25, -0.2) is 0 Å². The summed E-state index contributed by atoms with van der Waals surface area (Å²) in [5, 5.41) is 7.55. The second kappa shape index (κ2) is 9.66. The number of halogens is 3. The molecule has 0 saturated carbocycles. The highest BCUT2D eigenvalue weighted by atomic mass is 19.4. The maximum absolute atomic E-state index is 13.6. The minimum absolute atomic E-state index is 0.0705. The zero-order valence-corrected chi connectivity index (χ0v) is 20.5. The van der Waals surface area contributed by atoms with Crippen molar-refractivity contribution in [2.75, 3.05) is 0 Å². The number of carbonyl (C=O) groups excluding carboxylic acids is 2. The van der Waals surface area contributed by atoms with E-state index in [9.17, 15) is 22.8 Å². The average Bonchev–Trinajstić information content (AvgIpc) is 3.24. The zero-order chi connectivity index (χ0) is 25.4. The number of hydrogen-bond acceptors (Lipinski definition) is 3. The Morgan fingerprint density at radius 3 is 2.69 bits per heavy atom. The van der Waals surface area contributed by atoms with Crippen LogP contribution >= 0.6 is 0 Å². The van der Waals surface area contributed by atoms with Gasteiger partial charge in [-0.15, -0.1) is 0 Å². The maximum atomic E-state index is 13.6. The first-order valence-electron chi connectivity index (χ1n) is 12.3. The summed E-state index contributed by atoms with van der Waals surface area (Å²) >= 11 is 0. The molecule has 0 spiro atoms. The number of nitrogens with zero attached hydrogens (tertiary/aromatic N) is 3. The standard InChI is InChI=1S/C26H33F3N4O2/c1-17-14-18(2)32(31-17)13-7-12-24(35)33-21(19-8-6-9-20(15-19)26(27,28)29)16-25(3)22(33)10-4-5-11-23(34)30-25/h6,8-9,14-15,21-22H,4-5,7,10-13,16H2,1-3H3,(H,30,34)/t21-,22-,25-/m0/s1. The van der Waals surface area contributed by atoms with Crippen molar-refractivity contribution in [3.05, 3.63) is 52.8 Å². The van der Waals surface area contributed by atoms with Gasteiger partial charge in [-0.2, -0.15) is 18.3 Å². The molecule has 0 aliphatic carbocycles. The van der Waals surface area contributed by atoms with Crippen LogP contribution in [0, 0.1) is 13.8 Å². The molecule has 2 aliphatic heterocycles. The molecule has 1 aromatic carbocycles. The van der Waals surface area contributed by atoms with E-state index < -0.39 is 23.3 Å². The molecule has 190 valence electrons. The Kier molecular flexibility index (Phi) is 6.97. The van der Waals surface area contributed by atoms with E-state index in [0.717, 1.165) is 36.4 Å². The number of aromatic nitrogens is 2. The van der Waals surface area contributed by atoms with Crippen LogP contribution in [-0.2, 0) is 22.3 Å². The summed E-state index contributed by atoms with van der Waals surface area (Å²) in [6.45, 7) is 6.40. The van der Waals surface area contributed by atoms with Crippen LogP contribution in [0.15, 0.2) is 30.3 Å².